The zero-order valence-corrected chi connectivity index (χ0v) is 26.8. The molecule has 0 aliphatic carbocycles. The Morgan fingerprint density at radius 3 is 2.19 bits per heavy atom. The molecule has 0 bridgehead atoms. The molecule has 0 saturated carbocycles. The van der Waals surface area contributed by atoms with E-state index in [2.05, 4.69) is 21.2 Å². The lowest BCUT2D eigenvalue weighted by atomic mass is 10.1. The van der Waals surface area contributed by atoms with Crippen LogP contribution < -0.4 is 19.1 Å². The molecule has 12 heteroatoms. The highest BCUT2D eigenvalue weighted by molar-refractivity contribution is 9.10. The molecule has 0 fully saturated rings. The standard InChI is InChI=1S/C30H35BrFN3O6S/c1-20(29(37)33-30(2,3)4)34(18-21-8-7-9-22(31)16-21)28(36)19-35(24-12-10-23(32)11-13-24)42(38,39)25-14-15-26(40-5)27(17-25)41-6/h7-17,20H,18-19H2,1-6H3,(H,33,37). The number of benzene rings is 3. The van der Waals surface area contributed by atoms with Gasteiger partial charge in [-0.25, -0.2) is 12.8 Å². The Labute approximate surface area is 254 Å². The van der Waals surface area contributed by atoms with E-state index in [1.165, 1.54) is 49.5 Å². The zero-order valence-electron chi connectivity index (χ0n) is 24.4. The molecule has 0 aliphatic rings. The molecule has 0 aromatic heterocycles. The van der Waals surface area contributed by atoms with Gasteiger partial charge in [-0.05, 0) is 81.8 Å². The Morgan fingerprint density at radius 1 is 0.976 bits per heavy atom. The van der Waals surface area contributed by atoms with E-state index in [1.807, 2.05) is 32.9 Å². The van der Waals surface area contributed by atoms with Crippen LogP contribution >= 0.6 is 15.9 Å². The smallest absolute Gasteiger partial charge is 0.264 e. The minimum Gasteiger partial charge on any atom is -0.493 e. The first-order chi connectivity index (χ1) is 19.7. The van der Waals surface area contributed by atoms with Crippen LogP contribution in [0.3, 0.4) is 0 Å². The van der Waals surface area contributed by atoms with E-state index in [9.17, 15) is 22.4 Å². The second-order valence-electron chi connectivity index (χ2n) is 10.6. The quantitative estimate of drug-likeness (QED) is 0.305. The fourth-order valence-electron chi connectivity index (χ4n) is 4.13. The summed E-state index contributed by atoms with van der Waals surface area (Å²) < 4.78 is 54.0. The van der Waals surface area contributed by atoms with Crippen molar-refractivity contribution in [2.45, 2.75) is 50.7 Å². The molecular formula is C30H35BrFN3O6S. The maximum Gasteiger partial charge on any atom is 0.264 e. The maximum atomic E-state index is 14.0. The lowest BCUT2D eigenvalue weighted by molar-refractivity contribution is -0.140. The fraction of sp³-hybridized carbons (Fsp3) is 0.333. The lowest BCUT2D eigenvalue weighted by Crippen LogP contribution is -2.54. The number of methoxy groups -OCH3 is 2. The Hall–Kier alpha value is -3.64. The van der Waals surface area contributed by atoms with Crippen LogP contribution in [0.5, 0.6) is 11.5 Å². The minimum atomic E-state index is -4.39. The van der Waals surface area contributed by atoms with Crippen molar-refractivity contribution >= 4 is 43.5 Å². The van der Waals surface area contributed by atoms with Crippen molar-refractivity contribution in [3.8, 4) is 11.5 Å². The minimum absolute atomic E-state index is 0.0324. The van der Waals surface area contributed by atoms with E-state index in [1.54, 1.807) is 19.1 Å². The van der Waals surface area contributed by atoms with Gasteiger partial charge in [-0.2, -0.15) is 0 Å². The molecule has 3 aromatic rings. The molecule has 1 atom stereocenters. The molecule has 0 aliphatic heterocycles. The normalized spacial score (nSPS) is 12.3. The van der Waals surface area contributed by atoms with E-state index in [0.29, 0.717) is 5.75 Å². The molecule has 0 saturated heterocycles. The van der Waals surface area contributed by atoms with Gasteiger partial charge in [0, 0.05) is 22.6 Å². The number of anilines is 1. The second kappa shape index (κ2) is 13.6. The zero-order chi connectivity index (χ0) is 31.2. The molecule has 3 aromatic carbocycles. The van der Waals surface area contributed by atoms with Gasteiger partial charge in [-0.15, -0.1) is 0 Å². The number of amides is 2. The maximum absolute atomic E-state index is 14.0. The first kappa shape index (κ1) is 32.9. The SMILES string of the molecule is COc1ccc(S(=O)(=O)N(CC(=O)N(Cc2cccc(Br)c2)C(C)C(=O)NC(C)(C)C)c2ccc(F)cc2)cc1OC. The summed E-state index contributed by atoms with van der Waals surface area (Å²) >= 11 is 3.43. The molecular weight excluding hydrogens is 629 g/mol. The molecule has 226 valence electrons. The number of carbonyl (C=O) groups excluding carboxylic acids is 2. The van der Waals surface area contributed by atoms with E-state index in [4.69, 9.17) is 9.47 Å². The Balaban J connectivity index is 2.08. The van der Waals surface area contributed by atoms with Crippen molar-refractivity contribution in [2.24, 2.45) is 0 Å². The summed E-state index contributed by atoms with van der Waals surface area (Å²) in [5, 5.41) is 2.88. The first-order valence-corrected chi connectivity index (χ1v) is 15.3. The number of rotatable bonds is 11. The van der Waals surface area contributed by atoms with E-state index >= 15 is 0 Å². The predicted molar refractivity (Wildman–Crippen MR) is 163 cm³/mol. The number of hydrogen-bond acceptors (Lipinski definition) is 6. The number of ether oxygens (including phenoxy) is 2. The Kier molecular flexibility index (Phi) is 10.6. The number of carbonyl (C=O) groups is 2. The molecule has 0 heterocycles. The van der Waals surface area contributed by atoms with Crippen molar-refractivity contribution in [2.75, 3.05) is 25.1 Å². The number of halogens is 2. The van der Waals surface area contributed by atoms with E-state index in [0.717, 1.165) is 26.5 Å². The van der Waals surface area contributed by atoms with Gasteiger partial charge in [0.2, 0.25) is 11.8 Å². The fourth-order valence-corrected chi connectivity index (χ4v) is 6.01. The van der Waals surface area contributed by atoms with Crippen LogP contribution in [-0.4, -0.2) is 57.5 Å². The molecule has 9 nitrogen and oxygen atoms in total. The number of sulfonamides is 1. The van der Waals surface area contributed by atoms with Gasteiger partial charge < -0.3 is 19.7 Å². The van der Waals surface area contributed by atoms with Crippen molar-refractivity contribution in [1.29, 1.82) is 0 Å². The third-order valence-corrected chi connectivity index (χ3v) is 8.51. The summed E-state index contributed by atoms with van der Waals surface area (Å²) in [5.74, 6) is -1.12. The van der Waals surface area contributed by atoms with Crippen LogP contribution in [0.4, 0.5) is 10.1 Å². The van der Waals surface area contributed by atoms with Crippen molar-refractivity contribution < 1.29 is 31.9 Å². The van der Waals surface area contributed by atoms with Crippen LogP contribution in [0.25, 0.3) is 0 Å². The van der Waals surface area contributed by atoms with Crippen LogP contribution in [0.1, 0.15) is 33.3 Å². The van der Waals surface area contributed by atoms with Crippen molar-refractivity contribution in [1.82, 2.24) is 10.2 Å². The van der Waals surface area contributed by atoms with Gasteiger partial charge in [0.1, 0.15) is 18.4 Å². The summed E-state index contributed by atoms with van der Waals surface area (Å²) in [6, 6.07) is 15.1. The third kappa shape index (κ3) is 8.22. The molecule has 42 heavy (non-hydrogen) atoms. The van der Waals surface area contributed by atoms with Crippen molar-refractivity contribution in [3.63, 3.8) is 0 Å². The van der Waals surface area contributed by atoms with Gasteiger partial charge in [0.05, 0.1) is 24.8 Å². The summed E-state index contributed by atoms with van der Waals surface area (Å²) in [5.41, 5.74) is 0.227. The number of nitrogens with zero attached hydrogens (tertiary/aromatic N) is 2. The summed E-state index contributed by atoms with van der Waals surface area (Å²) in [6.45, 7) is 6.42. The lowest BCUT2D eigenvalue weighted by Gasteiger charge is -2.33. The van der Waals surface area contributed by atoms with Crippen molar-refractivity contribution in [3.05, 3.63) is 82.6 Å². The third-order valence-electron chi connectivity index (χ3n) is 6.24. The van der Waals surface area contributed by atoms with Crippen LogP contribution in [-0.2, 0) is 26.2 Å². The summed E-state index contributed by atoms with van der Waals surface area (Å²) in [4.78, 5) is 28.3. The highest BCUT2D eigenvalue weighted by Gasteiger charge is 2.34. The Bertz CT molecular complexity index is 1530. The molecule has 0 spiro atoms. The number of hydrogen-bond donors (Lipinski definition) is 1. The molecule has 2 amide bonds. The van der Waals surface area contributed by atoms with Crippen LogP contribution in [0, 0.1) is 5.82 Å². The van der Waals surface area contributed by atoms with Gasteiger partial charge in [0.15, 0.2) is 11.5 Å². The highest BCUT2D eigenvalue weighted by Crippen LogP contribution is 2.32. The largest absolute Gasteiger partial charge is 0.493 e. The molecule has 1 N–H and O–H groups in total. The second-order valence-corrected chi connectivity index (χ2v) is 13.3. The van der Waals surface area contributed by atoms with Gasteiger partial charge in [-0.3, -0.25) is 13.9 Å². The molecule has 0 radical (unpaired) electrons. The predicted octanol–water partition coefficient (Wildman–Crippen LogP) is 5.13. The Morgan fingerprint density at radius 2 is 1.62 bits per heavy atom. The van der Waals surface area contributed by atoms with Crippen LogP contribution in [0.2, 0.25) is 0 Å². The monoisotopic (exact) mass is 663 g/mol. The van der Waals surface area contributed by atoms with E-state index in [-0.39, 0.29) is 22.9 Å². The summed E-state index contributed by atoms with van der Waals surface area (Å²) in [6.07, 6.45) is 0. The average Bonchev–Trinajstić information content (AvgIpc) is 2.93. The topological polar surface area (TPSA) is 105 Å². The molecule has 3 rings (SSSR count). The highest BCUT2D eigenvalue weighted by atomic mass is 79.9. The molecule has 1 unspecified atom stereocenters. The summed E-state index contributed by atoms with van der Waals surface area (Å²) in [7, 11) is -1.59. The number of nitrogens with one attached hydrogen (secondary N) is 1. The van der Waals surface area contributed by atoms with Gasteiger partial charge >= 0.3 is 0 Å². The van der Waals surface area contributed by atoms with Gasteiger partial charge in [-0.1, -0.05) is 28.1 Å². The van der Waals surface area contributed by atoms with E-state index < -0.39 is 45.8 Å². The van der Waals surface area contributed by atoms with Gasteiger partial charge in [0.25, 0.3) is 10.0 Å². The average molecular weight is 665 g/mol. The first-order valence-electron chi connectivity index (χ1n) is 13.0. The van der Waals surface area contributed by atoms with Crippen LogP contribution in [0.15, 0.2) is 76.1 Å².